The molecule has 0 saturated carbocycles. The van der Waals surface area contributed by atoms with Gasteiger partial charge < -0.3 is 10.6 Å². The lowest BCUT2D eigenvalue weighted by atomic mass is 10.0. The zero-order chi connectivity index (χ0) is 13.0. The van der Waals surface area contributed by atoms with E-state index in [1.54, 1.807) is 0 Å². The molecule has 1 heterocycles. The molecule has 1 aliphatic heterocycles. The second kappa shape index (κ2) is 7.51. The molecule has 0 unspecified atom stereocenters. The molecule has 1 aromatic rings. The van der Waals surface area contributed by atoms with Gasteiger partial charge in [0.15, 0.2) is 0 Å². The second-order valence-corrected chi connectivity index (χ2v) is 4.99. The number of amides is 1. The number of aryl methyl sites for hydroxylation is 2. The number of halogens is 1. The molecule has 2 N–H and O–H groups in total. The number of benzene rings is 1. The summed E-state index contributed by atoms with van der Waals surface area (Å²) in [5, 5.41) is 6.28. The van der Waals surface area contributed by atoms with Crippen molar-refractivity contribution in [1.82, 2.24) is 5.32 Å². The number of carbonyl (C=O) groups is 1. The van der Waals surface area contributed by atoms with Gasteiger partial charge in [-0.05, 0) is 56.0 Å². The molecule has 1 saturated heterocycles. The molecule has 0 spiro atoms. The van der Waals surface area contributed by atoms with Gasteiger partial charge >= 0.3 is 0 Å². The summed E-state index contributed by atoms with van der Waals surface area (Å²) in [6, 6.07) is 6.11. The fourth-order valence-corrected chi connectivity index (χ4v) is 2.44. The number of carbonyl (C=O) groups excluding carboxylic acids is 1. The van der Waals surface area contributed by atoms with Crippen LogP contribution in [0.25, 0.3) is 0 Å². The Hall–Kier alpha value is -1.06. The molecule has 0 aromatic heterocycles. The molecule has 19 heavy (non-hydrogen) atoms. The number of hydrogen-bond acceptors (Lipinski definition) is 2. The fourth-order valence-electron chi connectivity index (χ4n) is 2.44. The molecule has 106 valence electrons. The van der Waals surface area contributed by atoms with Crippen LogP contribution >= 0.6 is 12.4 Å². The first-order chi connectivity index (χ1) is 8.70. The van der Waals surface area contributed by atoms with Crippen molar-refractivity contribution in [1.29, 1.82) is 0 Å². The molecule has 1 atom stereocenters. The SMILES string of the molecule is CCc1cc(NC(=O)[C@@H]2CCCCN2)ccc1C.Cl. The quantitative estimate of drug-likeness (QED) is 0.895. The summed E-state index contributed by atoms with van der Waals surface area (Å²) < 4.78 is 0. The van der Waals surface area contributed by atoms with Crippen LogP contribution in [-0.4, -0.2) is 18.5 Å². The minimum absolute atomic E-state index is 0. The topological polar surface area (TPSA) is 41.1 Å². The van der Waals surface area contributed by atoms with Gasteiger partial charge in [-0.25, -0.2) is 0 Å². The highest BCUT2D eigenvalue weighted by Gasteiger charge is 2.20. The molecular weight excluding hydrogens is 260 g/mol. The Morgan fingerprint density at radius 2 is 2.21 bits per heavy atom. The van der Waals surface area contributed by atoms with Crippen LogP contribution in [0.15, 0.2) is 18.2 Å². The highest BCUT2D eigenvalue weighted by molar-refractivity contribution is 5.95. The predicted molar refractivity (Wildman–Crippen MR) is 82.1 cm³/mol. The highest BCUT2D eigenvalue weighted by Crippen LogP contribution is 2.17. The van der Waals surface area contributed by atoms with Gasteiger partial charge in [0.2, 0.25) is 5.91 Å². The Balaban J connectivity index is 0.00000180. The van der Waals surface area contributed by atoms with Crippen molar-refractivity contribution in [3.63, 3.8) is 0 Å². The third-order valence-electron chi connectivity index (χ3n) is 3.62. The molecule has 0 aliphatic carbocycles. The molecule has 1 aromatic carbocycles. The van der Waals surface area contributed by atoms with Gasteiger partial charge in [0.05, 0.1) is 6.04 Å². The average molecular weight is 283 g/mol. The lowest BCUT2D eigenvalue weighted by Crippen LogP contribution is -2.43. The first kappa shape index (κ1) is 16.0. The maximum Gasteiger partial charge on any atom is 0.241 e. The standard InChI is InChI=1S/C15H22N2O.ClH/c1-3-12-10-13(8-7-11(12)2)17-15(18)14-6-4-5-9-16-14;/h7-8,10,14,16H,3-6,9H2,1-2H3,(H,17,18);1H/t14-;/m0./s1. The first-order valence-corrected chi connectivity index (χ1v) is 6.84. The normalized spacial score (nSPS) is 18.5. The van der Waals surface area contributed by atoms with E-state index in [1.807, 2.05) is 6.07 Å². The van der Waals surface area contributed by atoms with Gasteiger partial charge in [0.1, 0.15) is 0 Å². The molecule has 4 heteroatoms. The monoisotopic (exact) mass is 282 g/mol. The van der Waals surface area contributed by atoms with Crippen LogP contribution in [0.1, 0.15) is 37.3 Å². The molecule has 1 amide bonds. The van der Waals surface area contributed by atoms with Crippen LogP contribution in [0.5, 0.6) is 0 Å². The van der Waals surface area contributed by atoms with Gasteiger partial charge in [0, 0.05) is 5.69 Å². The van der Waals surface area contributed by atoms with Crippen LogP contribution < -0.4 is 10.6 Å². The van der Waals surface area contributed by atoms with Crippen LogP contribution in [0.2, 0.25) is 0 Å². The summed E-state index contributed by atoms with van der Waals surface area (Å²) in [6.07, 6.45) is 4.25. The molecule has 0 bridgehead atoms. The summed E-state index contributed by atoms with van der Waals surface area (Å²) in [5.41, 5.74) is 3.49. The summed E-state index contributed by atoms with van der Waals surface area (Å²) >= 11 is 0. The molecule has 0 radical (unpaired) electrons. The fraction of sp³-hybridized carbons (Fsp3) is 0.533. The zero-order valence-electron chi connectivity index (χ0n) is 11.7. The lowest BCUT2D eigenvalue weighted by molar-refractivity contribution is -0.118. The van der Waals surface area contributed by atoms with E-state index in [2.05, 4.69) is 36.6 Å². The summed E-state index contributed by atoms with van der Waals surface area (Å²) in [6.45, 7) is 5.19. The van der Waals surface area contributed by atoms with E-state index in [1.165, 1.54) is 17.5 Å². The van der Waals surface area contributed by atoms with Gasteiger partial charge in [-0.15, -0.1) is 12.4 Å². The highest BCUT2D eigenvalue weighted by atomic mass is 35.5. The third-order valence-corrected chi connectivity index (χ3v) is 3.62. The largest absolute Gasteiger partial charge is 0.325 e. The maximum atomic E-state index is 12.1. The van der Waals surface area contributed by atoms with Crippen LogP contribution in [-0.2, 0) is 11.2 Å². The minimum atomic E-state index is -0.0230. The molecule has 1 fully saturated rings. The van der Waals surface area contributed by atoms with E-state index in [-0.39, 0.29) is 24.4 Å². The van der Waals surface area contributed by atoms with E-state index >= 15 is 0 Å². The Bertz CT molecular complexity index is 428. The zero-order valence-corrected chi connectivity index (χ0v) is 12.5. The number of rotatable bonds is 3. The Kier molecular flexibility index (Phi) is 6.32. The van der Waals surface area contributed by atoms with Gasteiger partial charge in [-0.2, -0.15) is 0 Å². The average Bonchev–Trinajstić information content (AvgIpc) is 2.42. The maximum absolute atomic E-state index is 12.1. The van der Waals surface area contributed by atoms with Gasteiger partial charge in [-0.3, -0.25) is 4.79 Å². The van der Waals surface area contributed by atoms with Crippen LogP contribution in [0.3, 0.4) is 0 Å². The lowest BCUT2D eigenvalue weighted by Gasteiger charge is -2.22. The van der Waals surface area contributed by atoms with Crippen LogP contribution in [0, 0.1) is 6.92 Å². The summed E-state index contributed by atoms with van der Waals surface area (Å²) in [4.78, 5) is 12.1. The van der Waals surface area contributed by atoms with Crippen molar-refractivity contribution in [2.45, 2.75) is 45.6 Å². The Labute approximate surface area is 121 Å². The van der Waals surface area contributed by atoms with Gasteiger partial charge in [-0.1, -0.05) is 19.4 Å². The van der Waals surface area contributed by atoms with Crippen LogP contribution in [0.4, 0.5) is 5.69 Å². The Morgan fingerprint density at radius 3 is 2.84 bits per heavy atom. The predicted octanol–water partition coefficient (Wildman–Crippen LogP) is 3.06. The number of hydrogen-bond donors (Lipinski definition) is 2. The summed E-state index contributed by atoms with van der Waals surface area (Å²) in [5.74, 6) is 0.0978. The van der Waals surface area contributed by atoms with Crippen molar-refractivity contribution in [3.8, 4) is 0 Å². The smallest absolute Gasteiger partial charge is 0.241 e. The second-order valence-electron chi connectivity index (χ2n) is 4.99. The van der Waals surface area contributed by atoms with E-state index in [4.69, 9.17) is 0 Å². The van der Waals surface area contributed by atoms with Crippen molar-refractivity contribution in [3.05, 3.63) is 29.3 Å². The first-order valence-electron chi connectivity index (χ1n) is 6.84. The molecular formula is C15H23ClN2O. The van der Waals surface area contributed by atoms with E-state index in [0.29, 0.717) is 0 Å². The molecule has 3 nitrogen and oxygen atoms in total. The summed E-state index contributed by atoms with van der Waals surface area (Å²) in [7, 11) is 0. The number of nitrogens with one attached hydrogen (secondary N) is 2. The van der Waals surface area contributed by atoms with Crippen molar-refractivity contribution >= 4 is 24.0 Å². The van der Waals surface area contributed by atoms with Crippen molar-refractivity contribution in [2.75, 3.05) is 11.9 Å². The Morgan fingerprint density at radius 1 is 1.42 bits per heavy atom. The van der Waals surface area contributed by atoms with E-state index < -0.39 is 0 Å². The van der Waals surface area contributed by atoms with E-state index in [0.717, 1.165) is 31.5 Å². The minimum Gasteiger partial charge on any atom is -0.325 e. The van der Waals surface area contributed by atoms with Gasteiger partial charge in [0.25, 0.3) is 0 Å². The van der Waals surface area contributed by atoms with E-state index in [9.17, 15) is 4.79 Å². The number of piperidine rings is 1. The molecule has 2 rings (SSSR count). The number of anilines is 1. The van der Waals surface area contributed by atoms with Crippen molar-refractivity contribution in [2.24, 2.45) is 0 Å². The molecule has 1 aliphatic rings. The third kappa shape index (κ3) is 4.22. The van der Waals surface area contributed by atoms with Crippen molar-refractivity contribution < 1.29 is 4.79 Å².